The van der Waals surface area contributed by atoms with Gasteiger partial charge in [-0.05, 0) is 62.3 Å². The number of ether oxygens (including phenoxy) is 1. The summed E-state index contributed by atoms with van der Waals surface area (Å²) >= 11 is 0. The van der Waals surface area contributed by atoms with Crippen molar-refractivity contribution in [3.8, 4) is 11.3 Å². The number of esters is 1. The van der Waals surface area contributed by atoms with E-state index in [2.05, 4.69) is 11.1 Å². The Kier molecular flexibility index (Phi) is 6.32. The van der Waals surface area contributed by atoms with Crippen LogP contribution in [0.25, 0.3) is 11.3 Å². The second-order valence-corrected chi connectivity index (χ2v) is 6.85. The molecule has 1 aromatic carbocycles. The van der Waals surface area contributed by atoms with Gasteiger partial charge in [0, 0.05) is 11.8 Å². The highest BCUT2D eigenvalue weighted by molar-refractivity contribution is 5.91. The zero-order chi connectivity index (χ0) is 19.2. The largest absolute Gasteiger partial charge is 0.462 e. The molecule has 27 heavy (non-hydrogen) atoms. The smallest absolute Gasteiger partial charge is 0.344 e. The Morgan fingerprint density at radius 3 is 2.78 bits per heavy atom. The molecular weight excluding hydrogens is 348 g/mol. The van der Waals surface area contributed by atoms with Crippen molar-refractivity contribution >= 4 is 5.97 Å². The van der Waals surface area contributed by atoms with Crippen LogP contribution in [0.5, 0.6) is 0 Å². The highest BCUT2D eigenvalue weighted by Crippen LogP contribution is 2.35. The minimum Gasteiger partial charge on any atom is -0.462 e. The summed E-state index contributed by atoms with van der Waals surface area (Å²) in [5.74, 6) is -2.14. The van der Waals surface area contributed by atoms with Crippen molar-refractivity contribution < 1.29 is 18.3 Å². The number of carbonyl (C=O) groups is 1. The van der Waals surface area contributed by atoms with Gasteiger partial charge in [-0.15, -0.1) is 0 Å². The van der Waals surface area contributed by atoms with Gasteiger partial charge in [0.05, 0.1) is 12.3 Å². The van der Waals surface area contributed by atoms with Crippen LogP contribution in [0.2, 0.25) is 0 Å². The predicted octanol–water partition coefficient (Wildman–Crippen LogP) is 5.57. The van der Waals surface area contributed by atoms with Crippen LogP contribution in [-0.4, -0.2) is 17.6 Å². The van der Waals surface area contributed by atoms with Gasteiger partial charge in [-0.25, -0.2) is 13.6 Å². The Morgan fingerprint density at radius 1 is 1.22 bits per heavy atom. The number of aromatic nitrogens is 1. The Labute approximate surface area is 158 Å². The molecule has 1 aliphatic carbocycles. The number of benzene rings is 1. The lowest BCUT2D eigenvalue weighted by atomic mass is 9.93. The van der Waals surface area contributed by atoms with Crippen LogP contribution in [0.15, 0.2) is 48.7 Å². The fourth-order valence-electron chi connectivity index (χ4n) is 3.67. The van der Waals surface area contributed by atoms with Crippen LogP contribution in [0.4, 0.5) is 8.78 Å². The summed E-state index contributed by atoms with van der Waals surface area (Å²) in [5, 5.41) is 0. The molecule has 3 rings (SSSR count). The first-order valence-corrected chi connectivity index (χ1v) is 9.29. The second kappa shape index (κ2) is 8.89. The van der Waals surface area contributed by atoms with Crippen molar-refractivity contribution in [1.82, 2.24) is 4.98 Å². The Hall–Kier alpha value is -2.56. The zero-order valence-electron chi connectivity index (χ0n) is 15.3. The number of hydrogen-bond acceptors (Lipinski definition) is 3. The van der Waals surface area contributed by atoms with Gasteiger partial charge in [0.15, 0.2) is 0 Å². The molecule has 2 aromatic rings. The quantitative estimate of drug-likeness (QED) is 0.492. The molecule has 2 unspecified atom stereocenters. The topological polar surface area (TPSA) is 39.2 Å². The Balaban J connectivity index is 1.75. The van der Waals surface area contributed by atoms with E-state index in [4.69, 9.17) is 4.74 Å². The Morgan fingerprint density at radius 2 is 2.04 bits per heavy atom. The molecule has 142 valence electrons. The molecule has 1 aromatic heterocycles. The van der Waals surface area contributed by atoms with E-state index < -0.39 is 23.2 Å². The van der Waals surface area contributed by atoms with Gasteiger partial charge in [0.2, 0.25) is 0 Å². The van der Waals surface area contributed by atoms with Crippen LogP contribution in [0, 0.1) is 23.5 Å². The average Bonchev–Trinajstić information content (AvgIpc) is 3.13. The van der Waals surface area contributed by atoms with Gasteiger partial charge < -0.3 is 4.74 Å². The molecule has 3 nitrogen and oxygen atoms in total. The standard InChI is InChI=1S/C22H23F2NO2/c1-2-3-7-15-8-6-9-16(15)14-27-22(26)20-18(23)12-11-17(21(20)24)19-10-4-5-13-25-19/h2-5,10-13,15-16H,6-9,14H2,1H3/b3-2-. The van der Waals surface area contributed by atoms with Gasteiger partial charge in [-0.2, -0.15) is 0 Å². The molecule has 1 aliphatic rings. The van der Waals surface area contributed by atoms with E-state index in [1.807, 2.05) is 13.0 Å². The summed E-state index contributed by atoms with van der Waals surface area (Å²) in [6.07, 6.45) is 9.72. The lowest BCUT2D eigenvalue weighted by Gasteiger charge is -2.18. The van der Waals surface area contributed by atoms with E-state index in [0.29, 0.717) is 11.6 Å². The maximum atomic E-state index is 14.8. The van der Waals surface area contributed by atoms with Crippen molar-refractivity contribution in [1.29, 1.82) is 0 Å². The minimum atomic E-state index is -0.959. The molecule has 0 bridgehead atoms. The molecular formula is C22H23F2NO2. The van der Waals surface area contributed by atoms with Crippen LogP contribution >= 0.6 is 0 Å². The third-order valence-electron chi connectivity index (χ3n) is 5.16. The van der Waals surface area contributed by atoms with E-state index in [-0.39, 0.29) is 18.1 Å². The SMILES string of the molecule is C/C=C\CC1CCCC1COC(=O)c1c(F)ccc(-c2ccccn2)c1F. The molecule has 2 atom stereocenters. The first-order valence-electron chi connectivity index (χ1n) is 9.29. The number of hydrogen-bond donors (Lipinski definition) is 0. The van der Waals surface area contributed by atoms with Crippen molar-refractivity contribution in [3.05, 3.63) is 65.9 Å². The lowest BCUT2D eigenvalue weighted by molar-refractivity contribution is 0.0400. The fourth-order valence-corrected chi connectivity index (χ4v) is 3.67. The normalized spacial score (nSPS) is 19.5. The summed E-state index contributed by atoms with van der Waals surface area (Å²) in [4.78, 5) is 16.5. The number of halogens is 2. The molecule has 0 saturated heterocycles. The lowest BCUT2D eigenvalue weighted by Crippen LogP contribution is -2.19. The second-order valence-electron chi connectivity index (χ2n) is 6.85. The molecule has 0 spiro atoms. The third-order valence-corrected chi connectivity index (χ3v) is 5.16. The molecule has 1 heterocycles. The molecule has 0 N–H and O–H groups in total. The predicted molar refractivity (Wildman–Crippen MR) is 100 cm³/mol. The number of carbonyl (C=O) groups excluding carboxylic acids is 1. The van der Waals surface area contributed by atoms with Crippen LogP contribution in [0.1, 0.15) is 43.0 Å². The monoisotopic (exact) mass is 371 g/mol. The van der Waals surface area contributed by atoms with E-state index in [1.54, 1.807) is 18.2 Å². The van der Waals surface area contributed by atoms with E-state index in [0.717, 1.165) is 31.7 Å². The maximum absolute atomic E-state index is 14.8. The van der Waals surface area contributed by atoms with Crippen LogP contribution in [0.3, 0.4) is 0 Å². The molecule has 0 amide bonds. The Bertz CT molecular complexity index is 821. The number of nitrogens with zero attached hydrogens (tertiary/aromatic N) is 1. The van der Waals surface area contributed by atoms with Crippen molar-refractivity contribution in [2.24, 2.45) is 11.8 Å². The highest BCUT2D eigenvalue weighted by atomic mass is 19.1. The first-order chi connectivity index (χ1) is 13.1. The van der Waals surface area contributed by atoms with E-state index in [1.165, 1.54) is 12.3 Å². The van der Waals surface area contributed by atoms with Crippen LogP contribution < -0.4 is 0 Å². The fraction of sp³-hybridized carbons (Fsp3) is 0.364. The maximum Gasteiger partial charge on any atom is 0.344 e. The summed E-state index contributed by atoms with van der Waals surface area (Å²) in [6.45, 7) is 2.16. The summed E-state index contributed by atoms with van der Waals surface area (Å²) in [5.41, 5.74) is -0.233. The van der Waals surface area contributed by atoms with Gasteiger partial charge in [-0.3, -0.25) is 4.98 Å². The number of pyridine rings is 1. The molecule has 5 heteroatoms. The van der Waals surface area contributed by atoms with Gasteiger partial charge >= 0.3 is 5.97 Å². The molecule has 0 radical (unpaired) electrons. The minimum absolute atomic E-state index is 0.0794. The van der Waals surface area contributed by atoms with E-state index in [9.17, 15) is 13.6 Å². The number of allylic oxidation sites excluding steroid dienone is 2. The average molecular weight is 371 g/mol. The van der Waals surface area contributed by atoms with Crippen molar-refractivity contribution in [3.63, 3.8) is 0 Å². The van der Waals surface area contributed by atoms with E-state index >= 15 is 0 Å². The zero-order valence-corrected chi connectivity index (χ0v) is 15.3. The van der Waals surface area contributed by atoms with Gasteiger partial charge in [0.25, 0.3) is 0 Å². The molecule has 1 saturated carbocycles. The van der Waals surface area contributed by atoms with Crippen molar-refractivity contribution in [2.45, 2.75) is 32.6 Å². The third kappa shape index (κ3) is 4.41. The highest BCUT2D eigenvalue weighted by Gasteiger charge is 2.29. The summed E-state index contributed by atoms with van der Waals surface area (Å²) in [7, 11) is 0. The molecule has 1 fully saturated rings. The van der Waals surface area contributed by atoms with Crippen LogP contribution in [-0.2, 0) is 4.74 Å². The van der Waals surface area contributed by atoms with Gasteiger partial charge in [0.1, 0.15) is 17.2 Å². The number of rotatable bonds is 6. The van der Waals surface area contributed by atoms with Crippen molar-refractivity contribution in [2.75, 3.05) is 6.61 Å². The summed E-state index contributed by atoms with van der Waals surface area (Å²) in [6, 6.07) is 7.37. The van der Waals surface area contributed by atoms with Gasteiger partial charge in [-0.1, -0.05) is 24.6 Å². The summed E-state index contributed by atoms with van der Waals surface area (Å²) < 4.78 is 34.3. The first kappa shape index (κ1) is 19.2. The molecule has 0 aliphatic heterocycles.